The Morgan fingerprint density at radius 2 is 1.64 bits per heavy atom. The molecule has 114 valence electrons. The lowest BCUT2D eigenvalue weighted by molar-refractivity contribution is 0.416. The number of nitrogens with zero attached hydrogens (tertiary/aromatic N) is 2. The summed E-state index contributed by atoms with van der Waals surface area (Å²) in [7, 11) is 1.65. The molecule has 1 heterocycles. The van der Waals surface area contributed by atoms with Crippen molar-refractivity contribution in [2.24, 2.45) is 0 Å². The molecule has 0 bridgehead atoms. The molecule has 0 unspecified atom stereocenters. The Balaban J connectivity index is 0.000000847. The fraction of sp³-hybridized carbons (Fsp3) is 0.222. The minimum Gasteiger partial charge on any atom is -0.496 e. The summed E-state index contributed by atoms with van der Waals surface area (Å²) in [5.41, 5.74) is 2.10. The van der Waals surface area contributed by atoms with Gasteiger partial charge in [0.15, 0.2) is 5.82 Å². The van der Waals surface area contributed by atoms with E-state index in [1.807, 2.05) is 56.3 Å². The molecule has 0 aliphatic rings. The van der Waals surface area contributed by atoms with E-state index < -0.39 is 0 Å². The summed E-state index contributed by atoms with van der Waals surface area (Å²) in [5, 5.41) is 7.26. The lowest BCUT2D eigenvalue weighted by Gasteiger charge is -2.03. The summed E-state index contributed by atoms with van der Waals surface area (Å²) in [6.07, 6.45) is 0.739. The first-order valence-corrected chi connectivity index (χ1v) is 7.45. The predicted molar refractivity (Wildman–Crippen MR) is 89.0 cm³/mol. The fourth-order valence-corrected chi connectivity index (χ4v) is 2.11. The number of aromatic nitrogens is 3. The van der Waals surface area contributed by atoms with Gasteiger partial charge >= 0.3 is 0 Å². The maximum Gasteiger partial charge on any atom is 0.184 e. The van der Waals surface area contributed by atoms with E-state index in [-0.39, 0.29) is 0 Å². The van der Waals surface area contributed by atoms with Crippen LogP contribution in [0.2, 0.25) is 0 Å². The molecule has 0 saturated heterocycles. The average Bonchev–Trinajstić information content (AvgIpc) is 3.06. The van der Waals surface area contributed by atoms with Gasteiger partial charge in [-0.1, -0.05) is 56.3 Å². The van der Waals surface area contributed by atoms with E-state index in [1.165, 1.54) is 5.56 Å². The van der Waals surface area contributed by atoms with Gasteiger partial charge in [0.25, 0.3) is 0 Å². The highest BCUT2D eigenvalue weighted by atomic mass is 16.5. The number of methoxy groups -OCH3 is 1. The molecule has 4 nitrogen and oxygen atoms in total. The molecule has 0 radical (unpaired) electrons. The van der Waals surface area contributed by atoms with Crippen molar-refractivity contribution in [3.05, 3.63) is 66.0 Å². The van der Waals surface area contributed by atoms with Crippen LogP contribution in [0.25, 0.3) is 11.4 Å². The highest BCUT2D eigenvalue weighted by molar-refractivity contribution is 5.63. The first-order chi connectivity index (χ1) is 10.9. The molecule has 3 rings (SSSR count). The molecule has 0 spiro atoms. The van der Waals surface area contributed by atoms with Crippen molar-refractivity contribution in [2.75, 3.05) is 7.11 Å². The summed E-state index contributed by atoms with van der Waals surface area (Å²) >= 11 is 0. The van der Waals surface area contributed by atoms with Crippen molar-refractivity contribution >= 4 is 0 Å². The van der Waals surface area contributed by atoms with Gasteiger partial charge in [-0.05, 0) is 17.7 Å². The van der Waals surface area contributed by atoms with E-state index in [9.17, 15) is 0 Å². The molecule has 0 amide bonds. The molecule has 2 aromatic carbocycles. The molecule has 0 aliphatic heterocycles. The van der Waals surface area contributed by atoms with Gasteiger partial charge in [-0.25, -0.2) is 4.98 Å². The summed E-state index contributed by atoms with van der Waals surface area (Å²) in [6.45, 7) is 4.00. The van der Waals surface area contributed by atoms with Crippen LogP contribution in [0, 0.1) is 0 Å². The van der Waals surface area contributed by atoms with Gasteiger partial charge in [0.05, 0.1) is 12.7 Å². The minimum absolute atomic E-state index is 0.661. The molecule has 4 heteroatoms. The second kappa shape index (κ2) is 7.98. The van der Waals surface area contributed by atoms with Crippen molar-refractivity contribution in [2.45, 2.75) is 20.3 Å². The molecule has 1 N–H and O–H groups in total. The number of para-hydroxylation sites is 1. The Kier molecular flexibility index (Phi) is 5.72. The summed E-state index contributed by atoms with van der Waals surface area (Å²) < 4.78 is 5.33. The molecule has 3 aromatic rings. The Morgan fingerprint density at radius 3 is 2.36 bits per heavy atom. The van der Waals surface area contributed by atoms with Crippen LogP contribution in [0.4, 0.5) is 0 Å². The zero-order valence-electron chi connectivity index (χ0n) is 13.2. The number of aromatic amines is 1. The van der Waals surface area contributed by atoms with E-state index in [4.69, 9.17) is 4.74 Å². The summed E-state index contributed by atoms with van der Waals surface area (Å²) in [5.74, 6) is 2.28. The Labute approximate surface area is 131 Å². The highest BCUT2D eigenvalue weighted by Gasteiger charge is 2.10. The van der Waals surface area contributed by atoms with Crippen molar-refractivity contribution in [1.29, 1.82) is 0 Å². The quantitative estimate of drug-likeness (QED) is 0.788. The van der Waals surface area contributed by atoms with E-state index >= 15 is 0 Å². The molecular weight excluding hydrogens is 274 g/mol. The zero-order valence-corrected chi connectivity index (χ0v) is 13.2. The molecule has 0 fully saturated rings. The first kappa shape index (κ1) is 15.8. The fourth-order valence-electron chi connectivity index (χ4n) is 2.11. The van der Waals surface area contributed by atoms with Crippen molar-refractivity contribution in [1.82, 2.24) is 15.2 Å². The van der Waals surface area contributed by atoms with Crippen LogP contribution in [0.15, 0.2) is 54.6 Å². The highest BCUT2D eigenvalue weighted by Crippen LogP contribution is 2.26. The van der Waals surface area contributed by atoms with Crippen LogP contribution in [0.1, 0.15) is 25.2 Å². The number of hydrogen-bond acceptors (Lipinski definition) is 3. The number of benzene rings is 2. The normalized spacial score (nSPS) is 9.77. The molecule has 0 atom stereocenters. The van der Waals surface area contributed by atoms with Crippen LogP contribution in [0.5, 0.6) is 5.75 Å². The van der Waals surface area contributed by atoms with E-state index in [0.717, 1.165) is 23.6 Å². The summed E-state index contributed by atoms with van der Waals surface area (Å²) in [4.78, 5) is 4.54. The number of H-pyrrole nitrogens is 1. The van der Waals surface area contributed by atoms with Gasteiger partial charge in [-0.3, -0.25) is 5.10 Å². The molecular formula is C18H21N3O. The van der Waals surface area contributed by atoms with E-state index in [1.54, 1.807) is 7.11 Å². The topological polar surface area (TPSA) is 50.8 Å². The SMILES string of the molecule is CC.COc1ccccc1-c1n[nH]c(Cc2ccccc2)n1. The second-order valence-corrected chi connectivity index (χ2v) is 4.47. The minimum atomic E-state index is 0.661. The van der Waals surface area contributed by atoms with Crippen molar-refractivity contribution < 1.29 is 4.74 Å². The summed E-state index contributed by atoms with van der Waals surface area (Å²) in [6, 6.07) is 17.9. The third-order valence-corrected chi connectivity index (χ3v) is 3.09. The third kappa shape index (κ3) is 3.73. The maximum atomic E-state index is 5.33. The number of ether oxygens (including phenoxy) is 1. The second-order valence-electron chi connectivity index (χ2n) is 4.47. The Morgan fingerprint density at radius 1 is 0.955 bits per heavy atom. The van der Waals surface area contributed by atoms with E-state index in [2.05, 4.69) is 27.3 Å². The smallest absolute Gasteiger partial charge is 0.184 e. The van der Waals surface area contributed by atoms with Gasteiger partial charge in [0, 0.05) is 6.42 Å². The molecule has 0 saturated carbocycles. The molecule has 22 heavy (non-hydrogen) atoms. The first-order valence-electron chi connectivity index (χ1n) is 7.45. The van der Waals surface area contributed by atoms with Crippen LogP contribution in [0.3, 0.4) is 0 Å². The van der Waals surface area contributed by atoms with Crippen LogP contribution >= 0.6 is 0 Å². The van der Waals surface area contributed by atoms with E-state index in [0.29, 0.717) is 5.82 Å². The predicted octanol–water partition coefficient (Wildman–Crippen LogP) is 4.10. The third-order valence-electron chi connectivity index (χ3n) is 3.09. The monoisotopic (exact) mass is 295 g/mol. The standard InChI is InChI=1S/C16H15N3O.C2H6/c1-20-14-10-6-5-9-13(14)16-17-15(18-19-16)11-12-7-3-2-4-8-12;1-2/h2-10H,11H2,1H3,(H,17,18,19);1-2H3. The lowest BCUT2D eigenvalue weighted by atomic mass is 10.1. The molecule has 1 aromatic heterocycles. The molecule has 0 aliphatic carbocycles. The number of rotatable bonds is 4. The Hall–Kier alpha value is -2.62. The zero-order chi connectivity index (χ0) is 15.8. The van der Waals surface area contributed by atoms with Gasteiger partial charge in [0.2, 0.25) is 0 Å². The van der Waals surface area contributed by atoms with Crippen molar-refractivity contribution in [3.8, 4) is 17.1 Å². The van der Waals surface area contributed by atoms with Crippen molar-refractivity contribution in [3.63, 3.8) is 0 Å². The maximum absolute atomic E-state index is 5.33. The lowest BCUT2D eigenvalue weighted by Crippen LogP contribution is -1.91. The van der Waals surface area contributed by atoms with Crippen LogP contribution in [-0.2, 0) is 6.42 Å². The van der Waals surface area contributed by atoms with Gasteiger partial charge in [-0.2, -0.15) is 5.10 Å². The van der Waals surface area contributed by atoms with Gasteiger partial charge in [-0.15, -0.1) is 0 Å². The van der Waals surface area contributed by atoms with Gasteiger partial charge in [0.1, 0.15) is 11.6 Å². The van der Waals surface area contributed by atoms with Crippen LogP contribution in [-0.4, -0.2) is 22.3 Å². The van der Waals surface area contributed by atoms with Gasteiger partial charge < -0.3 is 4.74 Å². The largest absolute Gasteiger partial charge is 0.496 e. The Bertz CT molecular complexity index is 692. The number of hydrogen-bond donors (Lipinski definition) is 1. The number of nitrogens with one attached hydrogen (secondary N) is 1. The van der Waals surface area contributed by atoms with Crippen LogP contribution < -0.4 is 4.74 Å². The average molecular weight is 295 g/mol.